The molecular formula is C21H33N3O. The van der Waals surface area contributed by atoms with Crippen molar-refractivity contribution in [3.63, 3.8) is 0 Å². The number of benzene rings is 1. The summed E-state index contributed by atoms with van der Waals surface area (Å²) in [5, 5.41) is 0. The van der Waals surface area contributed by atoms with Crippen LogP contribution in [0.3, 0.4) is 0 Å². The third kappa shape index (κ3) is 4.83. The van der Waals surface area contributed by atoms with Crippen molar-refractivity contribution in [3.8, 4) is 0 Å². The molecular weight excluding hydrogens is 310 g/mol. The lowest BCUT2D eigenvalue weighted by Gasteiger charge is -2.39. The van der Waals surface area contributed by atoms with E-state index in [9.17, 15) is 4.79 Å². The van der Waals surface area contributed by atoms with Gasteiger partial charge in [-0.2, -0.15) is 0 Å². The Kier molecular flexibility index (Phi) is 6.49. The second-order valence-electron chi connectivity index (χ2n) is 7.75. The monoisotopic (exact) mass is 343 g/mol. The van der Waals surface area contributed by atoms with Gasteiger partial charge in [0.15, 0.2) is 0 Å². The first-order valence-corrected chi connectivity index (χ1v) is 9.94. The smallest absolute Gasteiger partial charge is 0.253 e. The standard InChI is InChI=1S/C21H33N3O/c1-18-8-6-7-13-23(18)17-16-22(2)20-11-14-24(15-12-20)21(25)19-9-4-3-5-10-19/h3-5,9-10,18,20H,6-8,11-17H2,1-2H3/t18-/m1/s1. The average Bonchev–Trinajstić information content (AvgIpc) is 2.67. The second kappa shape index (κ2) is 8.81. The van der Waals surface area contributed by atoms with Gasteiger partial charge < -0.3 is 9.80 Å². The Morgan fingerprint density at radius 1 is 1.08 bits per heavy atom. The van der Waals surface area contributed by atoms with E-state index in [0.717, 1.165) is 44.1 Å². The Morgan fingerprint density at radius 2 is 1.80 bits per heavy atom. The summed E-state index contributed by atoms with van der Waals surface area (Å²) in [4.78, 5) is 19.7. The Morgan fingerprint density at radius 3 is 2.48 bits per heavy atom. The van der Waals surface area contributed by atoms with Crippen LogP contribution in [0.25, 0.3) is 0 Å². The first-order valence-electron chi connectivity index (χ1n) is 9.94. The Balaban J connectivity index is 1.43. The molecule has 2 fully saturated rings. The summed E-state index contributed by atoms with van der Waals surface area (Å²) in [5.41, 5.74) is 0.813. The summed E-state index contributed by atoms with van der Waals surface area (Å²) >= 11 is 0. The molecule has 1 aromatic carbocycles. The summed E-state index contributed by atoms with van der Waals surface area (Å²) < 4.78 is 0. The maximum absolute atomic E-state index is 12.6. The van der Waals surface area contributed by atoms with Gasteiger partial charge in [0.2, 0.25) is 0 Å². The predicted molar refractivity (Wildman–Crippen MR) is 103 cm³/mol. The van der Waals surface area contributed by atoms with Crippen molar-refractivity contribution in [2.45, 2.75) is 51.1 Å². The molecule has 2 aliphatic rings. The summed E-state index contributed by atoms with van der Waals surface area (Å²) in [6.45, 7) is 7.71. The van der Waals surface area contributed by atoms with Crippen molar-refractivity contribution in [2.75, 3.05) is 39.8 Å². The van der Waals surface area contributed by atoms with Crippen molar-refractivity contribution in [2.24, 2.45) is 0 Å². The lowest BCUT2D eigenvalue weighted by atomic mass is 10.0. The van der Waals surface area contributed by atoms with Crippen LogP contribution in [0.15, 0.2) is 30.3 Å². The number of carbonyl (C=O) groups is 1. The number of hydrogen-bond donors (Lipinski definition) is 0. The molecule has 0 radical (unpaired) electrons. The van der Waals surface area contributed by atoms with Gasteiger partial charge in [0.05, 0.1) is 0 Å². The van der Waals surface area contributed by atoms with Crippen LogP contribution < -0.4 is 0 Å². The summed E-state index contributed by atoms with van der Waals surface area (Å²) in [6.07, 6.45) is 6.27. The maximum atomic E-state index is 12.6. The van der Waals surface area contributed by atoms with Crippen LogP contribution in [-0.2, 0) is 0 Å². The molecule has 0 N–H and O–H groups in total. The fourth-order valence-electron chi connectivity index (χ4n) is 4.23. The first kappa shape index (κ1) is 18.4. The van der Waals surface area contributed by atoms with Crippen LogP contribution in [0.2, 0.25) is 0 Å². The van der Waals surface area contributed by atoms with Gasteiger partial charge >= 0.3 is 0 Å². The largest absolute Gasteiger partial charge is 0.339 e. The molecule has 0 bridgehead atoms. The van der Waals surface area contributed by atoms with Gasteiger partial charge in [-0.1, -0.05) is 24.6 Å². The number of piperidine rings is 2. The fraction of sp³-hybridized carbons (Fsp3) is 0.667. The molecule has 2 heterocycles. The van der Waals surface area contributed by atoms with E-state index in [0.29, 0.717) is 6.04 Å². The zero-order valence-corrected chi connectivity index (χ0v) is 15.9. The number of carbonyl (C=O) groups excluding carboxylic acids is 1. The lowest BCUT2D eigenvalue weighted by molar-refractivity contribution is 0.0621. The summed E-state index contributed by atoms with van der Waals surface area (Å²) in [7, 11) is 2.26. The molecule has 1 amide bonds. The molecule has 4 heteroatoms. The molecule has 0 unspecified atom stereocenters. The molecule has 0 saturated carbocycles. The highest BCUT2D eigenvalue weighted by atomic mass is 16.2. The van der Waals surface area contributed by atoms with Crippen molar-refractivity contribution in [1.82, 2.24) is 14.7 Å². The number of likely N-dealkylation sites (N-methyl/N-ethyl adjacent to an activating group) is 1. The van der Waals surface area contributed by atoms with Crippen LogP contribution in [0, 0.1) is 0 Å². The molecule has 3 rings (SSSR count). The van der Waals surface area contributed by atoms with E-state index in [4.69, 9.17) is 0 Å². The normalized spacial score (nSPS) is 23.2. The third-order valence-electron chi connectivity index (χ3n) is 6.08. The van der Waals surface area contributed by atoms with Gasteiger partial charge in [0, 0.05) is 43.8 Å². The minimum Gasteiger partial charge on any atom is -0.339 e. The van der Waals surface area contributed by atoms with Crippen molar-refractivity contribution >= 4 is 5.91 Å². The molecule has 4 nitrogen and oxygen atoms in total. The lowest BCUT2D eigenvalue weighted by Crippen LogP contribution is -2.48. The van der Waals surface area contributed by atoms with Crippen molar-refractivity contribution in [3.05, 3.63) is 35.9 Å². The minimum absolute atomic E-state index is 0.184. The van der Waals surface area contributed by atoms with E-state index < -0.39 is 0 Å². The molecule has 2 aliphatic heterocycles. The number of nitrogens with zero attached hydrogens (tertiary/aromatic N) is 3. The van der Waals surface area contributed by atoms with Crippen LogP contribution in [-0.4, -0.2) is 72.5 Å². The summed E-state index contributed by atoms with van der Waals surface area (Å²) in [6, 6.07) is 11.0. The van der Waals surface area contributed by atoms with E-state index in [2.05, 4.69) is 23.8 Å². The summed E-state index contributed by atoms with van der Waals surface area (Å²) in [5.74, 6) is 0.184. The van der Waals surface area contributed by atoms with Crippen LogP contribution in [0.5, 0.6) is 0 Å². The van der Waals surface area contributed by atoms with Crippen LogP contribution in [0.1, 0.15) is 49.4 Å². The number of rotatable bonds is 5. The van der Waals surface area contributed by atoms with E-state index in [1.54, 1.807) is 0 Å². The third-order valence-corrected chi connectivity index (χ3v) is 6.08. The van der Waals surface area contributed by atoms with Crippen LogP contribution in [0.4, 0.5) is 0 Å². The van der Waals surface area contributed by atoms with Crippen molar-refractivity contribution < 1.29 is 4.79 Å². The Bertz CT molecular complexity index is 539. The predicted octanol–water partition coefficient (Wildman–Crippen LogP) is 3.10. The average molecular weight is 344 g/mol. The maximum Gasteiger partial charge on any atom is 0.253 e. The first-order chi connectivity index (χ1) is 12.1. The highest BCUT2D eigenvalue weighted by molar-refractivity contribution is 5.94. The molecule has 25 heavy (non-hydrogen) atoms. The van der Waals surface area contributed by atoms with Gasteiger partial charge in [0.1, 0.15) is 0 Å². The topological polar surface area (TPSA) is 26.8 Å². The number of amides is 1. The number of hydrogen-bond acceptors (Lipinski definition) is 3. The second-order valence-corrected chi connectivity index (χ2v) is 7.75. The van der Waals surface area contributed by atoms with E-state index >= 15 is 0 Å². The SMILES string of the molecule is C[C@@H]1CCCCN1CCN(C)C1CCN(C(=O)c2ccccc2)CC1. The van der Waals surface area contributed by atoms with Gasteiger partial charge in [-0.05, 0) is 58.3 Å². The molecule has 1 aromatic rings. The molecule has 0 aliphatic carbocycles. The highest BCUT2D eigenvalue weighted by Gasteiger charge is 2.26. The highest BCUT2D eigenvalue weighted by Crippen LogP contribution is 2.19. The van der Waals surface area contributed by atoms with Gasteiger partial charge in [-0.15, -0.1) is 0 Å². The minimum atomic E-state index is 0.184. The van der Waals surface area contributed by atoms with E-state index in [1.165, 1.54) is 32.4 Å². The van der Waals surface area contributed by atoms with Crippen molar-refractivity contribution in [1.29, 1.82) is 0 Å². The number of likely N-dealkylation sites (tertiary alicyclic amines) is 2. The molecule has 138 valence electrons. The Labute approximate surface area is 152 Å². The van der Waals surface area contributed by atoms with E-state index in [-0.39, 0.29) is 5.91 Å². The quantitative estimate of drug-likeness (QED) is 0.822. The Hall–Kier alpha value is -1.39. The molecule has 0 spiro atoms. The fourth-order valence-corrected chi connectivity index (χ4v) is 4.23. The zero-order valence-electron chi connectivity index (χ0n) is 15.9. The molecule has 1 atom stereocenters. The molecule has 0 aromatic heterocycles. The van der Waals surface area contributed by atoms with E-state index in [1.807, 2.05) is 35.2 Å². The van der Waals surface area contributed by atoms with Gasteiger partial charge in [0.25, 0.3) is 5.91 Å². The zero-order chi connectivity index (χ0) is 17.6. The van der Waals surface area contributed by atoms with Crippen LogP contribution >= 0.6 is 0 Å². The van der Waals surface area contributed by atoms with Gasteiger partial charge in [-0.25, -0.2) is 0 Å². The molecule has 2 saturated heterocycles. The van der Waals surface area contributed by atoms with Gasteiger partial charge in [-0.3, -0.25) is 9.69 Å².